The lowest BCUT2D eigenvalue weighted by Crippen LogP contribution is -2.50. The number of amides is 2. The molecule has 2 aliphatic rings. The third-order valence-electron chi connectivity index (χ3n) is 5.04. The summed E-state index contributed by atoms with van der Waals surface area (Å²) in [6.07, 6.45) is 8.26. The number of hydrogen-bond acceptors (Lipinski definition) is 3. The molecule has 0 spiro atoms. The Hall–Kier alpha value is -0.810. The average molecular weight is 346 g/mol. The Kier molecular flexibility index (Phi) is 8.92. The van der Waals surface area contributed by atoms with Crippen molar-refractivity contribution in [3.63, 3.8) is 0 Å². The summed E-state index contributed by atoms with van der Waals surface area (Å²) in [6, 6.07) is 0.0717. The van der Waals surface area contributed by atoms with Crippen molar-refractivity contribution in [3.05, 3.63) is 0 Å². The molecule has 1 aliphatic carbocycles. The Bertz CT molecular complexity index is 376. The first-order valence-electron chi connectivity index (χ1n) is 8.87. The fourth-order valence-electron chi connectivity index (χ4n) is 3.50. The highest BCUT2D eigenvalue weighted by molar-refractivity contribution is 5.85. The Morgan fingerprint density at radius 3 is 1.96 bits per heavy atom. The third-order valence-corrected chi connectivity index (χ3v) is 5.04. The first-order chi connectivity index (χ1) is 10.6. The van der Waals surface area contributed by atoms with E-state index in [0.29, 0.717) is 39.0 Å². The number of nitrogens with zero attached hydrogens (tertiary/aromatic N) is 2. The maximum absolute atomic E-state index is 12.3. The van der Waals surface area contributed by atoms with E-state index in [1.807, 2.05) is 16.7 Å². The fraction of sp³-hybridized carbons (Fsp3) is 0.882. The molecule has 134 valence electrons. The molecular weight excluding hydrogens is 314 g/mol. The van der Waals surface area contributed by atoms with Crippen LogP contribution in [0.25, 0.3) is 0 Å². The highest BCUT2D eigenvalue weighted by Gasteiger charge is 2.24. The molecule has 0 aromatic carbocycles. The van der Waals surface area contributed by atoms with Crippen molar-refractivity contribution >= 4 is 24.2 Å². The maximum atomic E-state index is 12.3. The van der Waals surface area contributed by atoms with E-state index in [9.17, 15) is 9.59 Å². The molecule has 2 fully saturated rings. The number of carbonyl (C=O) groups excluding carboxylic acids is 2. The van der Waals surface area contributed by atoms with E-state index in [2.05, 4.69) is 0 Å². The van der Waals surface area contributed by atoms with Gasteiger partial charge in [0.15, 0.2) is 0 Å². The van der Waals surface area contributed by atoms with Gasteiger partial charge in [0, 0.05) is 45.1 Å². The Morgan fingerprint density at radius 1 is 1.00 bits per heavy atom. The molecule has 1 saturated heterocycles. The van der Waals surface area contributed by atoms with E-state index in [0.717, 1.165) is 18.8 Å². The smallest absolute Gasteiger partial charge is 0.222 e. The molecular formula is C17H32ClN3O2. The molecule has 0 aromatic rings. The molecule has 2 N–H and O–H groups in total. The van der Waals surface area contributed by atoms with Crippen LogP contribution in [0, 0.1) is 5.92 Å². The molecule has 2 amide bonds. The normalized spacial score (nSPS) is 20.3. The molecule has 0 bridgehead atoms. The molecule has 23 heavy (non-hydrogen) atoms. The van der Waals surface area contributed by atoms with E-state index in [1.165, 1.54) is 25.7 Å². The average Bonchev–Trinajstić information content (AvgIpc) is 3.03. The molecule has 6 heteroatoms. The van der Waals surface area contributed by atoms with Gasteiger partial charge in [-0.3, -0.25) is 9.59 Å². The highest BCUT2D eigenvalue weighted by atomic mass is 35.5. The number of rotatable bonds is 6. The van der Waals surface area contributed by atoms with Crippen molar-refractivity contribution in [2.24, 2.45) is 11.7 Å². The number of halogens is 1. The monoisotopic (exact) mass is 345 g/mol. The largest absolute Gasteiger partial charge is 0.339 e. The van der Waals surface area contributed by atoms with Crippen molar-refractivity contribution < 1.29 is 9.59 Å². The summed E-state index contributed by atoms with van der Waals surface area (Å²) in [7, 11) is 0. The highest BCUT2D eigenvalue weighted by Crippen LogP contribution is 2.28. The summed E-state index contributed by atoms with van der Waals surface area (Å²) < 4.78 is 0. The van der Waals surface area contributed by atoms with Crippen LogP contribution in [-0.2, 0) is 9.59 Å². The quantitative estimate of drug-likeness (QED) is 0.802. The molecule has 1 atom stereocenters. The summed E-state index contributed by atoms with van der Waals surface area (Å²) in [5, 5.41) is 0. The van der Waals surface area contributed by atoms with Crippen LogP contribution in [0.5, 0.6) is 0 Å². The molecule has 1 saturated carbocycles. The summed E-state index contributed by atoms with van der Waals surface area (Å²) in [4.78, 5) is 28.1. The molecule has 1 aliphatic heterocycles. The lowest BCUT2D eigenvalue weighted by molar-refractivity contribution is -0.139. The van der Waals surface area contributed by atoms with Gasteiger partial charge < -0.3 is 15.5 Å². The lowest BCUT2D eigenvalue weighted by Gasteiger charge is -2.35. The van der Waals surface area contributed by atoms with Crippen LogP contribution in [0.2, 0.25) is 0 Å². The minimum Gasteiger partial charge on any atom is -0.339 e. The second-order valence-corrected chi connectivity index (χ2v) is 6.97. The minimum atomic E-state index is 0. The van der Waals surface area contributed by atoms with E-state index < -0.39 is 0 Å². The SMILES string of the molecule is CC(N)CCC(=O)N1CCN(C(=O)CCC2CCCC2)CC1.Cl. The van der Waals surface area contributed by atoms with Gasteiger partial charge in [0.05, 0.1) is 0 Å². The Balaban J connectivity index is 0.00000264. The third kappa shape index (κ3) is 6.68. The Labute approximate surface area is 146 Å². The number of hydrogen-bond donors (Lipinski definition) is 1. The van der Waals surface area contributed by atoms with Gasteiger partial charge >= 0.3 is 0 Å². The standard InChI is InChI=1S/C17H31N3O2.ClH/c1-14(18)6-8-16(21)19-10-12-20(13-11-19)17(22)9-7-15-4-2-3-5-15;/h14-15H,2-13,18H2,1H3;1H. The van der Waals surface area contributed by atoms with Gasteiger partial charge in [-0.05, 0) is 25.7 Å². The number of nitrogens with two attached hydrogens (primary N) is 1. The molecule has 1 heterocycles. The summed E-state index contributed by atoms with van der Waals surface area (Å²) in [5.41, 5.74) is 5.69. The first kappa shape index (κ1) is 20.2. The van der Waals surface area contributed by atoms with Crippen molar-refractivity contribution in [3.8, 4) is 0 Å². The zero-order valence-corrected chi connectivity index (χ0v) is 15.2. The molecule has 2 rings (SSSR count). The van der Waals surface area contributed by atoms with Crippen molar-refractivity contribution in [2.75, 3.05) is 26.2 Å². The van der Waals surface area contributed by atoms with Crippen LogP contribution >= 0.6 is 12.4 Å². The lowest BCUT2D eigenvalue weighted by atomic mass is 10.0. The summed E-state index contributed by atoms with van der Waals surface area (Å²) in [5.74, 6) is 1.22. The molecule has 0 aromatic heterocycles. The van der Waals surface area contributed by atoms with Crippen molar-refractivity contribution in [1.82, 2.24) is 9.80 Å². The van der Waals surface area contributed by atoms with Gasteiger partial charge in [0.2, 0.25) is 11.8 Å². The predicted molar refractivity (Wildman–Crippen MR) is 94.5 cm³/mol. The number of piperazine rings is 1. The second-order valence-electron chi connectivity index (χ2n) is 6.97. The van der Waals surface area contributed by atoms with Crippen LogP contribution < -0.4 is 5.73 Å². The van der Waals surface area contributed by atoms with E-state index >= 15 is 0 Å². The van der Waals surface area contributed by atoms with Crippen LogP contribution in [-0.4, -0.2) is 53.8 Å². The summed E-state index contributed by atoms with van der Waals surface area (Å²) >= 11 is 0. The van der Waals surface area contributed by atoms with Gasteiger partial charge in [-0.2, -0.15) is 0 Å². The molecule has 1 unspecified atom stereocenters. The van der Waals surface area contributed by atoms with Gasteiger partial charge in [0.1, 0.15) is 0 Å². The molecule has 0 radical (unpaired) electrons. The van der Waals surface area contributed by atoms with Gasteiger partial charge in [-0.1, -0.05) is 25.7 Å². The van der Waals surface area contributed by atoms with E-state index in [4.69, 9.17) is 5.73 Å². The minimum absolute atomic E-state index is 0. The van der Waals surface area contributed by atoms with Crippen LogP contribution in [0.3, 0.4) is 0 Å². The van der Waals surface area contributed by atoms with Crippen LogP contribution in [0.1, 0.15) is 58.3 Å². The molecule has 5 nitrogen and oxygen atoms in total. The van der Waals surface area contributed by atoms with E-state index in [1.54, 1.807) is 0 Å². The van der Waals surface area contributed by atoms with Crippen LogP contribution in [0.4, 0.5) is 0 Å². The first-order valence-corrected chi connectivity index (χ1v) is 8.87. The zero-order chi connectivity index (χ0) is 15.9. The van der Waals surface area contributed by atoms with E-state index in [-0.39, 0.29) is 30.3 Å². The topological polar surface area (TPSA) is 66.6 Å². The van der Waals surface area contributed by atoms with Gasteiger partial charge in [0.25, 0.3) is 0 Å². The van der Waals surface area contributed by atoms with Gasteiger partial charge in [-0.15, -0.1) is 12.4 Å². The second kappa shape index (κ2) is 10.1. The summed E-state index contributed by atoms with van der Waals surface area (Å²) in [6.45, 7) is 4.65. The van der Waals surface area contributed by atoms with Crippen molar-refractivity contribution in [2.45, 2.75) is 64.3 Å². The predicted octanol–water partition coefficient (Wildman–Crippen LogP) is 2.18. The maximum Gasteiger partial charge on any atom is 0.222 e. The Morgan fingerprint density at radius 2 is 1.48 bits per heavy atom. The fourth-order valence-corrected chi connectivity index (χ4v) is 3.50. The van der Waals surface area contributed by atoms with Gasteiger partial charge in [-0.25, -0.2) is 0 Å². The van der Waals surface area contributed by atoms with Crippen molar-refractivity contribution in [1.29, 1.82) is 0 Å². The van der Waals surface area contributed by atoms with Crippen LogP contribution in [0.15, 0.2) is 0 Å². The zero-order valence-electron chi connectivity index (χ0n) is 14.3. The number of carbonyl (C=O) groups is 2.